The quantitative estimate of drug-likeness (QED) is 0.138. The SMILES string of the molecule is O=C(C=Cc1ccc2c(c1)CCC2N(CCOc1ccccc1Cl)CCc1c[nH]c2ccccc12)NO. The van der Waals surface area contributed by atoms with Crippen LogP contribution >= 0.6 is 11.6 Å². The number of aromatic amines is 1. The molecule has 1 aliphatic carbocycles. The lowest BCUT2D eigenvalue weighted by Crippen LogP contribution is -2.33. The van der Waals surface area contributed by atoms with Gasteiger partial charge in [-0.25, -0.2) is 5.48 Å². The van der Waals surface area contributed by atoms with Gasteiger partial charge in [-0.1, -0.05) is 60.1 Å². The minimum atomic E-state index is -0.541. The Balaban J connectivity index is 1.33. The molecule has 0 saturated carbocycles. The Labute approximate surface area is 221 Å². The Morgan fingerprint density at radius 1 is 1.14 bits per heavy atom. The highest BCUT2D eigenvalue weighted by atomic mass is 35.5. The first-order chi connectivity index (χ1) is 18.1. The van der Waals surface area contributed by atoms with Gasteiger partial charge >= 0.3 is 0 Å². The largest absolute Gasteiger partial charge is 0.491 e. The fraction of sp³-hybridized carbons (Fsp3) is 0.233. The second kappa shape index (κ2) is 11.6. The molecule has 1 heterocycles. The molecule has 0 saturated heterocycles. The number of benzene rings is 3. The van der Waals surface area contributed by atoms with Gasteiger partial charge in [-0.3, -0.25) is 14.9 Å². The molecule has 3 N–H and O–H groups in total. The van der Waals surface area contributed by atoms with Crippen molar-refractivity contribution in [2.45, 2.75) is 25.3 Å². The summed E-state index contributed by atoms with van der Waals surface area (Å²) in [5, 5.41) is 10.6. The summed E-state index contributed by atoms with van der Waals surface area (Å²) in [6.45, 7) is 2.21. The highest BCUT2D eigenvalue weighted by molar-refractivity contribution is 6.32. The molecule has 0 spiro atoms. The lowest BCUT2D eigenvalue weighted by Gasteiger charge is -2.30. The molecule has 190 valence electrons. The number of nitrogens with one attached hydrogen (secondary N) is 2. The van der Waals surface area contributed by atoms with Crippen LogP contribution in [-0.4, -0.2) is 40.7 Å². The van der Waals surface area contributed by atoms with E-state index in [9.17, 15) is 4.79 Å². The number of hydroxylamine groups is 1. The molecule has 37 heavy (non-hydrogen) atoms. The van der Waals surface area contributed by atoms with Gasteiger partial charge in [-0.15, -0.1) is 0 Å². The number of hydrogen-bond donors (Lipinski definition) is 3. The third-order valence-electron chi connectivity index (χ3n) is 7.01. The predicted molar refractivity (Wildman–Crippen MR) is 147 cm³/mol. The van der Waals surface area contributed by atoms with Crippen molar-refractivity contribution < 1.29 is 14.7 Å². The minimum absolute atomic E-state index is 0.286. The summed E-state index contributed by atoms with van der Waals surface area (Å²) in [5.74, 6) is 0.163. The second-order valence-corrected chi connectivity index (χ2v) is 9.65. The summed E-state index contributed by atoms with van der Waals surface area (Å²) in [7, 11) is 0. The molecule has 1 aliphatic rings. The molecule has 1 aromatic heterocycles. The fourth-order valence-corrected chi connectivity index (χ4v) is 5.36. The van der Waals surface area contributed by atoms with Crippen molar-refractivity contribution in [2.24, 2.45) is 0 Å². The Bertz CT molecular complexity index is 1410. The number of H-pyrrole nitrogens is 1. The molecule has 1 atom stereocenters. The maximum atomic E-state index is 11.4. The van der Waals surface area contributed by atoms with Crippen molar-refractivity contribution in [2.75, 3.05) is 19.7 Å². The standard InChI is InChI=1S/C30H30ClN3O3/c31-26-6-2-4-8-29(26)37-18-17-34(16-15-23-20-32-27-7-3-1-5-24(23)27)28-13-11-22-19-21(9-12-25(22)28)10-14-30(35)33-36/h1-10,12,14,19-20,28,32,36H,11,13,15-18H2,(H,33,35). The third kappa shape index (κ3) is 5.88. The van der Waals surface area contributed by atoms with Crippen molar-refractivity contribution in [3.8, 4) is 5.75 Å². The van der Waals surface area contributed by atoms with E-state index in [1.165, 1.54) is 28.2 Å². The number of aromatic nitrogens is 1. The number of halogens is 1. The van der Waals surface area contributed by atoms with E-state index in [2.05, 4.69) is 52.5 Å². The monoisotopic (exact) mass is 515 g/mol. The van der Waals surface area contributed by atoms with Crippen LogP contribution in [0.3, 0.4) is 0 Å². The number of nitrogens with zero attached hydrogens (tertiary/aromatic N) is 1. The minimum Gasteiger partial charge on any atom is -0.491 e. The van der Waals surface area contributed by atoms with Crippen LogP contribution in [0.25, 0.3) is 17.0 Å². The number of aryl methyl sites for hydroxylation is 1. The first-order valence-electron chi connectivity index (χ1n) is 12.5. The van der Waals surface area contributed by atoms with Gasteiger partial charge in [0, 0.05) is 42.3 Å². The predicted octanol–water partition coefficient (Wildman–Crippen LogP) is 5.95. The van der Waals surface area contributed by atoms with E-state index in [4.69, 9.17) is 21.5 Å². The van der Waals surface area contributed by atoms with E-state index < -0.39 is 5.91 Å². The molecular formula is C30H30ClN3O3. The van der Waals surface area contributed by atoms with Crippen LogP contribution < -0.4 is 10.2 Å². The van der Waals surface area contributed by atoms with E-state index >= 15 is 0 Å². The summed E-state index contributed by atoms with van der Waals surface area (Å²) in [5.41, 5.74) is 7.65. The number of para-hydroxylation sites is 2. The molecule has 0 radical (unpaired) electrons. The van der Waals surface area contributed by atoms with Crippen molar-refractivity contribution in [3.63, 3.8) is 0 Å². The van der Waals surface area contributed by atoms with Gasteiger partial charge in [-0.05, 0) is 65.8 Å². The van der Waals surface area contributed by atoms with E-state index in [0.717, 1.165) is 43.4 Å². The van der Waals surface area contributed by atoms with Crippen LogP contribution in [0, 0.1) is 0 Å². The Hall–Kier alpha value is -3.58. The van der Waals surface area contributed by atoms with E-state index in [1.54, 1.807) is 11.6 Å². The summed E-state index contributed by atoms with van der Waals surface area (Å²) in [4.78, 5) is 17.3. The number of rotatable bonds is 10. The second-order valence-electron chi connectivity index (χ2n) is 9.25. The first kappa shape index (κ1) is 25.1. The van der Waals surface area contributed by atoms with Gasteiger partial charge < -0.3 is 9.72 Å². The number of amides is 1. The molecule has 1 unspecified atom stereocenters. The fourth-order valence-electron chi connectivity index (χ4n) is 5.17. The van der Waals surface area contributed by atoms with Crippen molar-refractivity contribution in [1.29, 1.82) is 0 Å². The lowest BCUT2D eigenvalue weighted by atomic mass is 10.0. The molecule has 4 aromatic rings. The number of carbonyl (C=O) groups excluding carboxylic acids is 1. The molecule has 1 amide bonds. The zero-order chi connectivity index (χ0) is 25.6. The van der Waals surface area contributed by atoms with Crippen LogP contribution in [0.15, 0.2) is 79.0 Å². The topological polar surface area (TPSA) is 77.6 Å². The first-order valence-corrected chi connectivity index (χ1v) is 12.9. The van der Waals surface area contributed by atoms with Crippen LogP contribution in [0.4, 0.5) is 0 Å². The highest BCUT2D eigenvalue weighted by Crippen LogP contribution is 2.37. The maximum Gasteiger partial charge on any atom is 0.267 e. The van der Waals surface area contributed by atoms with Gasteiger partial charge in [-0.2, -0.15) is 0 Å². The molecule has 6 nitrogen and oxygen atoms in total. The smallest absolute Gasteiger partial charge is 0.267 e. The summed E-state index contributed by atoms with van der Waals surface area (Å²) in [6, 6.07) is 22.6. The van der Waals surface area contributed by atoms with E-state index in [1.807, 2.05) is 30.3 Å². The van der Waals surface area contributed by atoms with E-state index in [-0.39, 0.29) is 6.04 Å². The zero-order valence-corrected chi connectivity index (χ0v) is 21.2. The van der Waals surface area contributed by atoms with Crippen LogP contribution in [0.5, 0.6) is 5.75 Å². The summed E-state index contributed by atoms with van der Waals surface area (Å²) < 4.78 is 6.06. The lowest BCUT2D eigenvalue weighted by molar-refractivity contribution is -0.124. The Kier molecular flexibility index (Phi) is 7.90. The van der Waals surface area contributed by atoms with Crippen LogP contribution in [0.1, 0.15) is 34.7 Å². The Morgan fingerprint density at radius 3 is 2.84 bits per heavy atom. The summed E-state index contributed by atoms with van der Waals surface area (Å²) in [6.07, 6.45) is 8.09. The maximum absolute atomic E-state index is 11.4. The average molecular weight is 516 g/mol. The normalized spacial score (nSPS) is 14.9. The van der Waals surface area contributed by atoms with Crippen molar-refractivity contribution >= 4 is 34.5 Å². The van der Waals surface area contributed by atoms with Gasteiger partial charge in [0.25, 0.3) is 5.91 Å². The molecule has 0 fully saturated rings. The highest BCUT2D eigenvalue weighted by Gasteiger charge is 2.28. The molecular weight excluding hydrogens is 486 g/mol. The van der Waals surface area contributed by atoms with Gasteiger partial charge in [0.15, 0.2) is 0 Å². The Morgan fingerprint density at radius 2 is 1.97 bits per heavy atom. The number of carbonyl (C=O) groups is 1. The number of fused-ring (bicyclic) bond motifs is 2. The van der Waals surface area contributed by atoms with Gasteiger partial charge in [0.05, 0.1) is 5.02 Å². The zero-order valence-electron chi connectivity index (χ0n) is 20.5. The van der Waals surface area contributed by atoms with Crippen molar-refractivity contribution in [1.82, 2.24) is 15.4 Å². The summed E-state index contributed by atoms with van der Waals surface area (Å²) >= 11 is 6.30. The van der Waals surface area contributed by atoms with Gasteiger partial charge in [0.1, 0.15) is 12.4 Å². The molecule has 7 heteroatoms. The van der Waals surface area contributed by atoms with E-state index in [0.29, 0.717) is 17.4 Å². The van der Waals surface area contributed by atoms with Crippen LogP contribution in [0.2, 0.25) is 5.02 Å². The molecule has 0 aliphatic heterocycles. The average Bonchev–Trinajstić information content (AvgIpc) is 3.54. The number of ether oxygens (including phenoxy) is 1. The molecule has 5 rings (SSSR count). The third-order valence-corrected chi connectivity index (χ3v) is 7.32. The molecule has 0 bridgehead atoms. The number of hydrogen-bond acceptors (Lipinski definition) is 4. The van der Waals surface area contributed by atoms with Crippen LogP contribution in [-0.2, 0) is 17.6 Å². The van der Waals surface area contributed by atoms with Gasteiger partial charge in [0.2, 0.25) is 0 Å². The van der Waals surface area contributed by atoms with Crippen molar-refractivity contribution in [3.05, 3.63) is 106 Å². The molecule has 3 aromatic carbocycles.